The Morgan fingerprint density at radius 3 is 2.53 bits per heavy atom. The Morgan fingerprint density at radius 2 is 1.75 bits per heavy atom. The highest BCUT2D eigenvalue weighted by atomic mass is 16.5. The van der Waals surface area contributed by atoms with Gasteiger partial charge in [-0.25, -0.2) is 9.78 Å². The van der Waals surface area contributed by atoms with Crippen molar-refractivity contribution in [3.63, 3.8) is 0 Å². The lowest BCUT2D eigenvalue weighted by atomic mass is 10.0. The van der Waals surface area contributed by atoms with Crippen LogP contribution in [-0.2, 0) is 16.1 Å². The van der Waals surface area contributed by atoms with Crippen molar-refractivity contribution in [3.05, 3.63) is 84.1 Å². The third-order valence-corrected chi connectivity index (χ3v) is 4.93. The van der Waals surface area contributed by atoms with Gasteiger partial charge in [-0.1, -0.05) is 48.5 Å². The lowest BCUT2D eigenvalue weighted by molar-refractivity contribution is -0.138. The summed E-state index contributed by atoms with van der Waals surface area (Å²) in [4.78, 5) is 17.0. The Hall–Kier alpha value is -4.37. The lowest BCUT2D eigenvalue weighted by Gasteiger charge is -2.10. The van der Waals surface area contributed by atoms with Gasteiger partial charge in [-0.15, -0.1) is 0 Å². The van der Waals surface area contributed by atoms with Crippen LogP contribution >= 0.6 is 0 Å². The summed E-state index contributed by atoms with van der Waals surface area (Å²) >= 11 is 0. The smallest absolute Gasteiger partial charge is 0.331 e. The van der Waals surface area contributed by atoms with Crippen molar-refractivity contribution in [2.24, 2.45) is 0 Å². The molecule has 6 heteroatoms. The van der Waals surface area contributed by atoms with Gasteiger partial charge in [-0.3, -0.25) is 0 Å². The normalized spacial score (nSPS) is 10.9. The van der Waals surface area contributed by atoms with Gasteiger partial charge in [0.2, 0.25) is 0 Å². The fraction of sp³-hybridized carbons (Fsp3) is 0.115. The van der Waals surface area contributed by atoms with E-state index in [1.165, 1.54) is 13.2 Å². The van der Waals surface area contributed by atoms with E-state index in [4.69, 9.17) is 24.5 Å². The van der Waals surface area contributed by atoms with Gasteiger partial charge < -0.3 is 14.2 Å². The van der Waals surface area contributed by atoms with Crippen molar-refractivity contribution in [3.8, 4) is 17.6 Å². The number of esters is 1. The van der Waals surface area contributed by atoms with Gasteiger partial charge in [0, 0.05) is 16.8 Å². The molecule has 158 valence electrons. The zero-order chi connectivity index (χ0) is 22.3. The number of carbonyl (C=O) groups excluding carboxylic acids is 1. The average Bonchev–Trinajstić information content (AvgIpc) is 2.85. The standard InChI is InChI=1S/C26H20N2O4/c1-30-25-16-18(10-12-24(25)31-15-14-27)11-13-26(29)32-17-23-21-8-3-2-6-19(21)20-7-4-5-9-22(20)28-23/h2-13,16H,15,17H2,1H3. The molecule has 0 spiro atoms. The van der Waals surface area contributed by atoms with Crippen LogP contribution in [0.4, 0.5) is 0 Å². The molecule has 4 rings (SSSR count). The van der Waals surface area contributed by atoms with Crippen molar-refractivity contribution in [1.29, 1.82) is 5.26 Å². The Labute approximate surface area is 185 Å². The number of rotatable bonds is 7. The summed E-state index contributed by atoms with van der Waals surface area (Å²) in [5, 5.41) is 11.7. The van der Waals surface area contributed by atoms with Gasteiger partial charge in [-0.05, 0) is 35.2 Å². The number of para-hydroxylation sites is 1. The molecule has 0 saturated carbocycles. The number of fused-ring (bicyclic) bond motifs is 3. The SMILES string of the molecule is COc1cc(C=CC(=O)OCc2nc3ccccc3c3ccccc23)ccc1OCC#N. The topological polar surface area (TPSA) is 81.4 Å². The van der Waals surface area contributed by atoms with E-state index >= 15 is 0 Å². The van der Waals surface area contributed by atoms with Crippen LogP contribution in [0, 0.1) is 11.3 Å². The number of methoxy groups -OCH3 is 1. The number of hydrogen-bond acceptors (Lipinski definition) is 6. The summed E-state index contributed by atoms with van der Waals surface area (Å²) in [7, 11) is 1.51. The minimum Gasteiger partial charge on any atom is -0.493 e. The highest BCUT2D eigenvalue weighted by Gasteiger charge is 2.10. The molecule has 0 aliphatic carbocycles. The maximum absolute atomic E-state index is 12.3. The molecule has 0 N–H and O–H groups in total. The largest absolute Gasteiger partial charge is 0.493 e. The predicted molar refractivity (Wildman–Crippen MR) is 122 cm³/mol. The molecule has 0 unspecified atom stereocenters. The molecule has 0 amide bonds. The summed E-state index contributed by atoms with van der Waals surface area (Å²) in [6.45, 7) is -0.00581. The molecule has 6 nitrogen and oxygen atoms in total. The summed E-state index contributed by atoms with van der Waals surface area (Å²) in [5.74, 6) is 0.457. The maximum Gasteiger partial charge on any atom is 0.331 e. The molecule has 0 aliphatic heterocycles. The highest BCUT2D eigenvalue weighted by Crippen LogP contribution is 2.29. The van der Waals surface area contributed by atoms with Crippen LogP contribution in [0.5, 0.6) is 11.5 Å². The Balaban J connectivity index is 1.49. The van der Waals surface area contributed by atoms with E-state index in [-0.39, 0.29) is 13.2 Å². The fourth-order valence-electron chi connectivity index (χ4n) is 3.45. The van der Waals surface area contributed by atoms with E-state index in [9.17, 15) is 4.79 Å². The fourth-order valence-corrected chi connectivity index (χ4v) is 3.45. The minimum absolute atomic E-state index is 0.0682. The third kappa shape index (κ3) is 4.52. The van der Waals surface area contributed by atoms with Crippen molar-refractivity contribution >= 4 is 33.7 Å². The maximum atomic E-state index is 12.3. The van der Waals surface area contributed by atoms with E-state index in [2.05, 4.69) is 0 Å². The van der Waals surface area contributed by atoms with Crippen LogP contribution in [0.25, 0.3) is 27.8 Å². The number of pyridine rings is 1. The summed E-state index contributed by atoms with van der Waals surface area (Å²) in [6, 6.07) is 22.9. The number of benzene rings is 3. The van der Waals surface area contributed by atoms with Crippen molar-refractivity contribution < 1.29 is 19.0 Å². The molecular formula is C26H20N2O4. The molecule has 0 saturated heterocycles. The van der Waals surface area contributed by atoms with Crippen LogP contribution in [0.2, 0.25) is 0 Å². The monoisotopic (exact) mass is 424 g/mol. The summed E-state index contributed by atoms with van der Waals surface area (Å²) < 4.78 is 16.0. The first-order chi connectivity index (χ1) is 15.7. The number of aromatic nitrogens is 1. The predicted octanol–water partition coefficient (Wildman–Crippen LogP) is 5.06. The van der Waals surface area contributed by atoms with E-state index in [0.29, 0.717) is 17.2 Å². The molecule has 0 radical (unpaired) electrons. The second-order valence-electron chi connectivity index (χ2n) is 6.92. The second-order valence-corrected chi connectivity index (χ2v) is 6.92. The van der Waals surface area contributed by atoms with Gasteiger partial charge in [0.05, 0.1) is 18.3 Å². The van der Waals surface area contributed by atoms with E-state index in [1.54, 1.807) is 24.3 Å². The quantitative estimate of drug-likeness (QED) is 0.234. The van der Waals surface area contributed by atoms with E-state index in [1.807, 2.05) is 54.6 Å². The number of ether oxygens (including phenoxy) is 3. The zero-order valence-corrected chi connectivity index (χ0v) is 17.4. The number of nitrogens with zero attached hydrogens (tertiary/aromatic N) is 2. The molecule has 3 aromatic carbocycles. The summed E-state index contributed by atoms with van der Waals surface area (Å²) in [5.41, 5.74) is 2.30. The molecule has 0 aliphatic rings. The first-order valence-electron chi connectivity index (χ1n) is 9.98. The molecule has 0 bridgehead atoms. The van der Waals surface area contributed by atoms with Crippen LogP contribution in [0.1, 0.15) is 11.3 Å². The number of carbonyl (C=O) groups is 1. The average molecular weight is 424 g/mol. The first-order valence-corrected chi connectivity index (χ1v) is 9.98. The molecule has 1 aromatic heterocycles. The number of hydrogen-bond donors (Lipinski definition) is 0. The van der Waals surface area contributed by atoms with Crippen molar-refractivity contribution in [2.45, 2.75) is 6.61 Å². The second kappa shape index (κ2) is 9.63. The van der Waals surface area contributed by atoms with E-state index in [0.717, 1.165) is 27.2 Å². The summed E-state index contributed by atoms with van der Waals surface area (Å²) in [6.07, 6.45) is 2.98. The molecular weight excluding hydrogens is 404 g/mol. The Kier molecular flexibility index (Phi) is 6.28. The highest BCUT2D eigenvalue weighted by molar-refractivity contribution is 6.06. The zero-order valence-electron chi connectivity index (χ0n) is 17.4. The third-order valence-electron chi connectivity index (χ3n) is 4.93. The van der Waals surface area contributed by atoms with Gasteiger partial charge >= 0.3 is 5.97 Å². The Morgan fingerprint density at radius 1 is 1.00 bits per heavy atom. The first kappa shape index (κ1) is 20.9. The molecule has 1 heterocycles. The van der Waals surface area contributed by atoms with Crippen molar-refractivity contribution in [1.82, 2.24) is 4.98 Å². The molecule has 4 aromatic rings. The molecule has 32 heavy (non-hydrogen) atoms. The lowest BCUT2D eigenvalue weighted by Crippen LogP contribution is -2.03. The van der Waals surface area contributed by atoms with Crippen LogP contribution in [0.3, 0.4) is 0 Å². The molecule has 0 fully saturated rings. The van der Waals surface area contributed by atoms with E-state index < -0.39 is 5.97 Å². The van der Waals surface area contributed by atoms with Crippen LogP contribution in [0.15, 0.2) is 72.8 Å². The van der Waals surface area contributed by atoms with Gasteiger partial charge in [0.25, 0.3) is 0 Å². The van der Waals surface area contributed by atoms with Crippen LogP contribution < -0.4 is 9.47 Å². The number of nitriles is 1. The van der Waals surface area contributed by atoms with Gasteiger partial charge in [-0.2, -0.15) is 5.26 Å². The molecule has 0 atom stereocenters. The minimum atomic E-state index is -0.479. The Bertz CT molecular complexity index is 1360. The van der Waals surface area contributed by atoms with Crippen LogP contribution in [-0.4, -0.2) is 24.7 Å². The van der Waals surface area contributed by atoms with Gasteiger partial charge in [0.15, 0.2) is 18.1 Å². The van der Waals surface area contributed by atoms with Gasteiger partial charge in [0.1, 0.15) is 12.7 Å². The van der Waals surface area contributed by atoms with Crippen molar-refractivity contribution in [2.75, 3.05) is 13.7 Å².